The summed E-state index contributed by atoms with van der Waals surface area (Å²) in [6, 6.07) is 0. The number of carbonyl (C=O) groups is 1. The summed E-state index contributed by atoms with van der Waals surface area (Å²) in [4.78, 5) is 10.4. The van der Waals surface area contributed by atoms with Crippen LogP contribution in [0.15, 0.2) is 0 Å². The molecule has 0 heterocycles. The van der Waals surface area contributed by atoms with Gasteiger partial charge in [0.15, 0.2) is 0 Å². The van der Waals surface area contributed by atoms with E-state index < -0.39 is 17.6 Å². The fourth-order valence-electron chi connectivity index (χ4n) is 0.721. The lowest BCUT2D eigenvalue weighted by molar-refractivity contribution is -0.143. The molecule has 0 aromatic carbocycles. The normalized spacial score (nSPS) is 18.9. The highest BCUT2D eigenvalue weighted by molar-refractivity contribution is 5.77. The van der Waals surface area contributed by atoms with Crippen LogP contribution in [-0.2, 0) is 4.79 Å². The number of carboxylic acids is 1. The van der Waals surface area contributed by atoms with Gasteiger partial charge in [0.2, 0.25) is 0 Å². The van der Waals surface area contributed by atoms with Gasteiger partial charge in [0.1, 0.15) is 5.54 Å². The van der Waals surface area contributed by atoms with Gasteiger partial charge in [-0.1, -0.05) is 6.92 Å². The molecule has 0 bridgehead atoms. The lowest BCUT2D eigenvalue weighted by Crippen LogP contribution is -2.47. The molecule has 4 N–H and O–H groups in total. The van der Waals surface area contributed by atoms with Crippen LogP contribution in [0, 0.1) is 0 Å². The summed E-state index contributed by atoms with van der Waals surface area (Å²) in [6.07, 6.45) is -0.0000694. The Morgan fingerprint density at radius 3 is 2.45 bits per heavy atom. The maximum atomic E-state index is 10.4. The van der Waals surface area contributed by atoms with Crippen molar-refractivity contribution in [1.82, 2.24) is 0 Å². The summed E-state index contributed by atoms with van der Waals surface area (Å²) in [5.41, 5.74) is 4.07. The van der Waals surface area contributed by atoms with Crippen molar-refractivity contribution in [3.8, 4) is 0 Å². The standard InChI is InChI=1S/C7H15NO3/c1-3-5(9)4-7(2,8)6(10)11/h5,9H,3-4,8H2,1-2H3,(H,10,11). The van der Waals surface area contributed by atoms with Crippen molar-refractivity contribution in [2.75, 3.05) is 0 Å². The average Bonchev–Trinajstić information content (AvgIpc) is 1.86. The second-order valence-corrected chi connectivity index (χ2v) is 2.99. The summed E-state index contributed by atoms with van der Waals surface area (Å²) in [5.74, 6) is -1.08. The van der Waals surface area contributed by atoms with Crippen LogP contribution in [0.1, 0.15) is 26.7 Å². The smallest absolute Gasteiger partial charge is 0.323 e. The van der Waals surface area contributed by atoms with Crippen LogP contribution >= 0.6 is 0 Å². The third-order valence-electron chi connectivity index (χ3n) is 1.62. The minimum Gasteiger partial charge on any atom is -0.480 e. The van der Waals surface area contributed by atoms with E-state index in [9.17, 15) is 4.79 Å². The highest BCUT2D eigenvalue weighted by atomic mass is 16.4. The average molecular weight is 161 g/mol. The van der Waals surface area contributed by atoms with Crippen LogP contribution in [0.3, 0.4) is 0 Å². The van der Waals surface area contributed by atoms with Gasteiger partial charge in [-0.25, -0.2) is 0 Å². The first-order valence-corrected chi connectivity index (χ1v) is 3.60. The molecule has 2 atom stereocenters. The monoisotopic (exact) mass is 161 g/mol. The zero-order valence-electron chi connectivity index (χ0n) is 6.87. The maximum absolute atomic E-state index is 10.4. The third kappa shape index (κ3) is 3.34. The fraction of sp³-hybridized carbons (Fsp3) is 0.857. The van der Waals surface area contributed by atoms with E-state index in [2.05, 4.69) is 0 Å². The number of nitrogens with two attached hydrogens (primary N) is 1. The molecule has 2 unspecified atom stereocenters. The number of aliphatic hydroxyl groups excluding tert-OH is 1. The lowest BCUT2D eigenvalue weighted by atomic mass is 9.95. The van der Waals surface area contributed by atoms with Gasteiger partial charge >= 0.3 is 5.97 Å². The first-order valence-electron chi connectivity index (χ1n) is 3.60. The molecule has 0 aromatic rings. The SMILES string of the molecule is CCC(O)CC(C)(N)C(=O)O. The summed E-state index contributed by atoms with van der Waals surface area (Å²) < 4.78 is 0. The van der Waals surface area contributed by atoms with Crippen LogP contribution in [0.2, 0.25) is 0 Å². The number of carboxylic acid groups (broad SMARTS) is 1. The van der Waals surface area contributed by atoms with Crippen LogP contribution in [0.25, 0.3) is 0 Å². The van der Waals surface area contributed by atoms with Gasteiger partial charge in [0.25, 0.3) is 0 Å². The summed E-state index contributed by atoms with van der Waals surface area (Å²) in [6.45, 7) is 3.18. The number of rotatable bonds is 4. The van der Waals surface area contributed by atoms with Gasteiger partial charge < -0.3 is 15.9 Å². The van der Waals surface area contributed by atoms with Crippen molar-refractivity contribution in [3.63, 3.8) is 0 Å². The minimum atomic E-state index is -1.31. The molecular formula is C7H15NO3. The van der Waals surface area contributed by atoms with E-state index in [1.54, 1.807) is 6.92 Å². The Morgan fingerprint density at radius 1 is 1.73 bits per heavy atom. The van der Waals surface area contributed by atoms with E-state index in [0.717, 1.165) is 0 Å². The highest BCUT2D eigenvalue weighted by Crippen LogP contribution is 2.10. The third-order valence-corrected chi connectivity index (χ3v) is 1.62. The Hall–Kier alpha value is -0.610. The van der Waals surface area contributed by atoms with Crippen LogP contribution in [0.5, 0.6) is 0 Å². The van der Waals surface area contributed by atoms with Crippen molar-refractivity contribution in [2.45, 2.75) is 38.3 Å². The first kappa shape index (κ1) is 10.4. The van der Waals surface area contributed by atoms with Gasteiger partial charge in [-0.2, -0.15) is 0 Å². The van der Waals surface area contributed by atoms with Crippen molar-refractivity contribution >= 4 is 5.97 Å². The second-order valence-electron chi connectivity index (χ2n) is 2.99. The first-order chi connectivity index (χ1) is 4.90. The minimum absolute atomic E-state index is 0.0961. The molecule has 0 fully saturated rings. The Labute approximate surface area is 66.0 Å². The van der Waals surface area contributed by atoms with Crippen LogP contribution in [-0.4, -0.2) is 27.8 Å². The number of hydrogen-bond acceptors (Lipinski definition) is 3. The molecule has 0 amide bonds. The predicted octanol–water partition coefficient (Wildman–Crippen LogP) is -0.0506. The molecule has 0 aromatic heterocycles. The van der Waals surface area contributed by atoms with Gasteiger partial charge in [-0.05, 0) is 13.3 Å². The Morgan fingerprint density at radius 2 is 2.18 bits per heavy atom. The highest BCUT2D eigenvalue weighted by Gasteiger charge is 2.29. The van der Waals surface area contributed by atoms with Crippen molar-refractivity contribution in [3.05, 3.63) is 0 Å². The van der Waals surface area contributed by atoms with Crippen molar-refractivity contribution < 1.29 is 15.0 Å². The molecule has 0 spiro atoms. The fourth-order valence-corrected chi connectivity index (χ4v) is 0.721. The molecule has 4 heteroatoms. The molecule has 4 nitrogen and oxygen atoms in total. The largest absolute Gasteiger partial charge is 0.480 e. The van der Waals surface area contributed by atoms with E-state index in [-0.39, 0.29) is 6.42 Å². The van der Waals surface area contributed by atoms with E-state index in [1.807, 2.05) is 0 Å². The molecule has 0 saturated heterocycles. The molecule has 0 aliphatic carbocycles. The zero-order chi connectivity index (χ0) is 9.07. The van der Waals surface area contributed by atoms with E-state index in [4.69, 9.17) is 15.9 Å². The van der Waals surface area contributed by atoms with Gasteiger partial charge in [0.05, 0.1) is 6.10 Å². The van der Waals surface area contributed by atoms with Crippen molar-refractivity contribution in [2.24, 2.45) is 5.73 Å². The topological polar surface area (TPSA) is 83.5 Å². The van der Waals surface area contributed by atoms with E-state index >= 15 is 0 Å². The quantitative estimate of drug-likeness (QED) is 0.539. The zero-order valence-corrected chi connectivity index (χ0v) is 6.87. The van der Waals surface area contributed by atoms with Gasteiger partial charge in [-0.3, -0.25) is 4.79 Å². The predicted molar refractivity (Wildman–Crippen MR) is 41.1 cm³/mol. The number of hydrogen-bond donors (Lipinski definition) is 3. The molecule has 11 heavy (non-hydrogen) atoms. The van der Waals surface area contributed by atoms with Crippen LogP contribution in [0.4, 0.5) is 0 Å². The molecule has 0 saturated carbocycles. The molecule has 0 aliphatic heterocycles. The second kappa shape index (κ2) is 3.69. The number of aliphatic hydroxyl groups is 1. The van der Waals surface area contributed by atoms with Gasteiger partial charge in [0, 0.05) is 6.42 Å². The van der Waals surface area contributed by atoms with Crippen molar-refractivity contribution in [1.29, 1.82) is 0 Å². The van der Waals surface area contributed by atoms with Crippen LogP contribution < -0.4 is 5.73 Å². The lowest BCUT2D eigenvalue weighted by Gasteiger charge is -2.21. The summed E-state index contributed by atoms with van der Waals surface area (Å²) >= 11 is 0. The molecule has 0 rings (SSSR count). The molecular weight excluding hydrogens is 146 g/mol. The molecule has 66 valence electrons. The number of aliphatic carboxylic acids is 1. The molecule has 0 radical (unpaired) electrons. The Kier molecular flexibility index (Phi) is 3.48. The van der Waals surface area contributed by atoms with Gasteiger partial charge in [-0.15, -0.1) is 0 Å². The maximum Gasteiger partial charge on any atom is 0.323 e. The Bertz CT molecular complexity index is 145. The Balaban J connectivity index is 4.01. The van der Waals surface area contributed by atoms with E-state index in [1.165, 1.54) is 6.92 Å². The van der Waals surface area contributed by atoms with E-state index in [0.29, 0.717) is 6.42 Å². The molecule has 0 aliphatic rings. The summed E-state index contributed by atoms with van der Waals surface area (Å²) in [7, 11) is 0. The summed E-state index contributed by atoms with van der Waals surface area (Å²) in [5, 5.41) is 17.6.